The molecule has 0 bridgehead atoms. The predicted octanol–water partition coefficient (Wildman–Crippen LogP) is 5.03. The number of carbonyl (C=O) groups is 1. The van der Waals surface area contributed by atoms with E-state index in [4.69, 9.17) is 16.3 Å². The molecule has 0 radical (unpaired) electrons. The summed E-state index contributed by atoms with van der Waals surface area (Å²) in [6.45, 7) is 1.59. The first-order chi connectivity index (χ1) is 11.9. The Morgan fingerprint density at radius 2 is 2.08 bits per heavy atom. The molecule has 25 heavy (non-hydrogen) atoms. The van der Waals surface area contributed by atoms with E-state index in [9.17, 15) is 14.9 Å². The number of nitrogens with zero attached hydrogens (tertiary/aromatic N) is 1. The molecule has 6 nitrogen and oxygen atoms in total. The van der Waals surface area contributed by atoms with Crippen LogP contribution in [0.2, 0.25) is 5.02 Å². The average molecular weight is 377 g/mol. The van der Waals surface area contributed by atoms with Crippen molar-refractivity contribution in [1.29, 1.82) is 0 Å². The lowest BCUT2D eigenvalue weighted by atomic mass is 10.1. The van der Waals surface area contributed by atoms with Crippen LogP contribution in [-0.4, -0.2) is 17.9 Å². The fraction of sp³-hybridized carbons (Fsp3) is 0.118. The van der Waals surface area contributed by atoms with Gasteiger partial charge in [0, 0.05) is 16.2 Å². The minimum Gasteiger partial charge on any atom is -0.497 e. The number of carbonyl (C=O) groups excluding carboxylic acids is 1. The van der Waals surface area contributed by atoms with Gasteiger partial charge in [0.1, 0.15) is 10.6 Å². The van der Waals surface area contributed by atoms with Gasteiger partial charge in [-0.2, -0.15) is 0 Å². The normalized spacial score (nSPS) is 10.7. The number of nitro benzene ring substituents is 1. The van der Waals surface area contributed by atoms with Crippen molar-refractivity contribution in [2.45, 2.75) is 6.92 Å². The fourth-order valence-electron chi connectivity index (χ4n) is 2.45. The van der Waals surface area contributed by atoms with Crippen molar-refractivity contribution in [1.82, 2.24) is 0 Å². The first kappa shape index (κ1) is 17.2. The summed E-state index contributed by atoms with van der Waals surface area (Å²) in [5, 5.41) is 14.8. The molecule has 1 aromatic heterocycles. The van der Waals surface area contributed by atoms with Gasteiger partial charge >= 0.3 is 0 Å². The van der Waals surface area contributed by atoms with Crippen LogP contribution in [0.4, 0.5) is 11.4 Å². The number of halogens is 1. The first-order valence-corrected chi connectivity index (χ1v) is 8.43. The number of ether oxygens (including phenoxy) is 1. The number of benzene rings is 2. The van der Waals surface area contributed by atoms with Crippen molar-refractivity contribution in [3.8, 4) is 5.75 Å². The number of anilines is 1. The van der Waals surface area contributed by atoms with Crippen molar-refractivity contribution in [2.75, 3.05) is 12.4 Å². The van der Waals surface area contributed by atoms with Gasteiger partial charge in [0.25, 0.3) is 11.6 Å². The third-order valence-electron chi connectivity index (χ3n) is 3.79. The number of fused-ring (bicyclic) bond motifs is 1. The molecule has 1 heterocycles. The summed E-state index contributed by atoms with van der Waals surface area (Å²) < 4.78 is 6.00. The number of rotatable bonds is 4. The molecule has 0 saturated heterocycles. The van der Waals surface area contributed by atoms with E-state index in [-0.39, 0.29) is 5.69 Å². The van der Waals surface area contributed by atoms with Crippen LogP contribution in [0.3, 0.4) is 0 Å². The molecule has 0 spiro atoms. The Hall–Kier alpha value is -2.64. The van der Waals surface area contributed by atoms with E-state index in [2.05, 4.69) is 5.32 Å². The molecular formula is C17H13ClN2O4S. The van der Waals surface area contributed by atoms with Gasteiger partial charge in [0.15, 0.2) is 0 Å². The second kappa shape index (κ2) is 6.70. The zero-order chi connectivity index (χ0) is 18.1. The molecule has 1 N–H and O–H groups in total. The third-order valence-corrected chi connectivity index (χ3v) is 5.45. The summed E-state index contributed by atoms with van der Waals surface area (Å²) in [7, 11) is 1.56. The van der Waals surface area contributed by atoms with Crippen LogP contribution in [0.15, 0.2) is 36.4 Å². The quantitative estimate of drug-likeness (QED) is 0.511. The number of methoxy groups -OCH3 is 1. The fourth-order valence-corrected chi connectivity index (χ4v) is 3.89. The second-order valence-corrected chi connectivity index (χ2v) is 6.70. The Labute approximate surface area is 152 Å². The summed E-state index contributed by atoms with van der Waals surface area (Å²) in [6, 6.07) is 9.91. The third kappa shape index (κ3) is 3.16. The first-order valence-electron chi connectivity index (χ1n) is 7.23. The van der Waals surface area contributed by atoms with E-state index >= 15 is 0 Å². The number of hydrogen-bond acceptors (Lipinski definition) is 5. The lowest BCUT2D eigenvalue weighted by molar-refractivity contribution is -0.385. The number of thiophene rings is 1. The highest BCUT2D eigenvalue weighted by atomic mass is 35.5. The standard InChI is InChI=1S/C17H13ClN2O4S/c1-9-12(4-3-5-13(9)20(22)23)19-17(21)16-15(18)11-7-6-10(24-2)8-14(11)25-16/h3-8H,1-2H3,(H,19,21). The van der Waals surface area contributed by atoms with Gasteiger partial charge < -0.3 is 10.1 Å². The summed E-state index contributed by atoms with van der Waals surface area (Å²) in [5.74, 6) is 0.265. The molecule has 1 amide bonds. The molecule has 3 rings (SSSR count). The zero-order valence-corrected chi connectivity index (χ0v) is 14.9. The van der Waals surface area contributed by atoms with Crippen LogP contribution in [0, 0.1) is 17.0 Å². The molecule has 3 aromatic rings. The van der Waals surface area contributed by atoms with E-state index in [0.717, 1.165) is 10.1 Å². The van der Waals surface area contributed by atoms with Crippen LogP contribution in [0.5, 0.6) is 5.75 Å². The van der Waals surface area contributed by atoms with E-state index < -0.39 is 10.8 Å². The smallest absolute Gasteiger partial charge is 0.274 e. The van der Waals surface area contributed by atoms with Crippen molar-refractivity contribution in [3.05, 3.63) is 62.0 Å². The van der Waals surface area contributed by atoms with Gasteiger partial charge in [-0.05, 0) is 31.2 Å². The summed E-state index contributed by atoms with van der Waals surface area (Å²) in [5.41, 5.74) is 0.718. The van der Waals surface area contributed by atoms with Gasteiger partial charge in [-0.1, -0.05) is 17.7 Å². The minimum absolute atomic E-state index is 0.0509. The van der Waals surface area contributed by atoms with Crippen LogP contribution < -0.4 is 10.1 Å². The number of nitro groups is 1. The maximum absolute atomic E-state index is 12.6. The highest BCUT2D eigenvalue weighted by Gasteiger charge is 2.20. The van der Waals surface area contributed by atoms with Crippen molar-refractivity contribution in [3.63, 3.8) is 0 Å². The molecule has 8 heteroatoms. The molecule has 2 aromatic carbocycles. The molecule has 0 atom stereocenters. The SMILES string of the molecule is COc1ccc2c(Cl)c(C(=O)Nc3cccc([N+](=O)[O-])c3C)sc2c1. The number of amides is 1. The lowest BCUT2D eigenvalue weighted by Gasteiger charge is -2.07. The minimum atomic E-state index is -0.482. The monoisotopic (exact) mass is 376 g/mol. The summed E-state index contributed by atoms with van der Waals surface area (Å²) >= 11 is 7.58. The van der Waals surface area contributed by atoms with E-state index in [1.54, 1.807) is 38.3 Å². The molecule has 0 fully saturated rings. The average Bonchev–Trinajstić information content (AvgIpc) is 2.92. The van der Waals surface area contributed by atoms with Crippen molar-refractivity contribution in [2.24, 2.45) is 0 Å². The van der Waals surface area contributed by atoms with Crippen molar-refractivity contribution >= 4 is 50.3 Å². The molecule has 128 valence electrons. The maximum atomic E-state index is 12.6. The van der Waals surface area contributed by atoms with Gasteiger partial charge in [-0.25, -0.2) is 0 Å². The second-order valence-electron chi connectivity index (χ2n) is 5.27. The van der Waals surface area contributed by atoms with E-state index in [1.807, 2.05) is 0 Å². The molecule has 0 aliphatic rings. The highest BCUT2D eigenvalue weighted by molar-refractivity contribution is 7.21. The molecule has 0 unspecified atom stereocenters. The topological polar surface area (TPSA) is 81.5 Å². The zero-order valence-electron chi connectivity index (χ0n) is 13.3. The molecule has 0 aliphatic heterocycles. The maximum Gasteiger partial charge on any atom is 0.274 e. The van der Waals surface area contributed by atoms with Crippen molar-refractivity contribution < 1.29 is 14.5 Å². The van der Waals surface area contributed by atoms with Gasteiger partial charge in [0.05, 0.1) is 28.3 Å². The molecular weight excluding hydrogens is 364 g/mol. The Kier molecular flexibility index (Phi) is 4.61. The van der Waals surface area contributed by atoms with E-state index in [1.165, 1.54) is 23.5 Å². The van der Waals surface area contributed by atoms with Crippen LogP contribution >= 0.6 is 22.9 Å². The lowest BCUT2D eigenvalue weighted by Crippen LogP contribution is -2.12. The van der Waals surface area contributed by atoms with Crippen LogP contribution in [0.1, 0.15) is 15.2 Å². The Morgan fingerprint density at radius 1 is 1.32 bits per heavy atom. The predicted molar refractivity (Wildman–Crippen MR) is 99.2 cm³/mol. The van der Waals surface area contributed by atoms with Gasteiger partial charge in [-0.3, -0.25) is 14.9 Å². The van der Waals surface area contributed by atoms with Gasteiger partial charge in [-0.15, -0.1) is 11.3 Å². The summed E-state index contributed by atoms with van der Waals surface area (Å²) in [4.78, 5) is 23.5. The Morgan fingerprint density at radius 3 is 2.76 bits per heavy atom. The van der Waals surface area contributed by atoms with Crippen LogP contribution in [-0.2, 0) is 0 Å². The number of nitrogens with one attached hydrogen (secondary N) is 1. The largest absolute Gasteiger partial charge is 0.497 e. The Balaban J connectivity index is 1.97. The highest BCUT2D eigenvalue weighted by Crippen LogP contribution is 2.38. The Bertz CT molecular complexity index is 1000. The molecule has 0 aliphatic carbocycles. The van der Waals surface area contributed by atoms with Crippen LogP contribution in [0.25, 0.3) is 10.1 Å². The molecule has 0 saturated carbocycles. The van der Waals surface area contributed by atoms with E-state index in [0.29, 0.717) is 26.9 Å². The van der Waals surface area contributed by atoms with Gasteiger partial charge in [0.2, 0.25) is 0 Å². The number of hydrogen-bond donors (Lipinski definition) is 1. The summed E-state index contributed by atoms with van der Waals surface area (Å²) in [6.07, 6.45) is 0.